The number of hydrogen-bond acceptors (Lipinski definition) is 1. The predicted octanol–water partition coefficient (Wildman–Crippen LogP) is 4.68. The van der Waals surface area contributed by atoms with E-state index in [2.05, 4.69) is 28.9 Å². The zero-order valence-corrected chi connectivity index (χ0v) is 11.8. The monoisotopic (exact) mass is 302 g/mol. The Morgan fingerprint density at radius 3 is 2.81 bits per heavy atom. The maximum atomic E-state index is 5.93. The van der Waals surface area contributed by atoms with Crippen molar-refractivity contribution < 1.29 is 4.74 Å². The number of halogens is 2. The second kappa shape index (κ2) is 5.42. The molecule has 3 heteroatoms. The second-order valence-electron chi connectivity index (χ2n) is 4.43. The van der Waals surface area contributed by atoms with Gasteiger partial charge in [0.1, 0.15) is 5.75 Å². The van der Waals surface area contributed by atoms with Crippen molar-refractivity contribution >= 4 is 27.5 Å². The Kier molecular flexibility index (Phi) is 4.15. The van der Waals surface area contributed by atoms with Gasteiger partial charge in [-0.2, -0.15) is 0 Å². The quantitative estimate of drug-likeness (QED) is 0.718. The van der Waals surface area contributed by atoms with Crippen LogP contribution < -0.4 is 4.74 Å². The third-order valence-corrected chi connectivity index (χ3v) is 3.68. The molecule has 0 atom stereocenters. The van der Waals surface area contributed by atoms with Crippen molar-refractivity contribution in [3.63, 3.8) is 0 Å². The van der Waals surface area contributed by atoms with Crippen molar-refractivity contribution in [2.75, 3.05) is 6.61 Å². The summed E-state index contributed by atoms with van der Waals surface area (Å²) in [5.74, 6) is 2.38. The molecular formula is C13H16BrClO. The van der Waals surface area contributed by atoms with E-state index in [1.54, 1.807) is 0 Å². The number of ether oxygens (including phenoxy) is 1. The number of benzene rings is 1. The molecule has 0 aliphatic heterocycles. The highest BCUT2D eigenvalue weighted by Gasteiger charge is 2.21. The van der Waals surface area contributed by atoms with E-state index in [1.807, 2.05) is 6.07 Å². The van der Waals surface area contributed by atoms with Crippen molar-refractivity contribution in [2.24, 2.45) is 5.92 Å². The van der Waals surface area contributed by atoms with Crippen LogP contribution in [0, 0.1) is 12.8 Å². The van der Waals surface area contributed by atoms with Gasteiger partial charge >= 0.3 is 0 Å². The van der Waals surface area contributed by atoms with E-state index in [0.717, 1.165) is 33.9 Å². The number of hydrogen-bond donors (Lipinski definition) is 0. The minimum atomic E-state index is 0.499. The van der Waals surface area contributed by atoms with E-state index in [0.29, 0.717) is 5.88 Å². The van der Waals surface area contributed by atoms with Crippen molar-refractivity contribution in [3.05, 3.63) is 27.7 Å². The first kappa shape index (κ1) is 12.3. The number of rotatable bonds is 5. The van der Waals surface area contributed by atoms with Crippen molar-refractivity contribution in [3.8, 4) is 5.75 Å². The summed E-state index contributed by atoms with van der Waals surface area (Å²) in [6.07, 6.45) is 3.94. The molecule has 1 aromatic carbocycles. The molecule has 0 amide bonds. The van der Waals surface area contributed by atoms with Crippen LogP contribution in [-0.4, -0.2) is 6.61 Å². The van der Waals surface area contributed by atoms with Crippen LogP contribution in [0.5, 0.6) is 5.75 Å². The summed E-state index contributed by atoms with van der Waals surface area (Å²) in [4.78, 5) is 0. The highest BCUT2D eigenvalue weighted by atomic mass is 79.9. The fourth-order valence-corrected chi connectivity index (χ4v) is 2.66. The molecule has 2 rings (SSSR count). The molecule has 1 nitrogen and oxygen atoms in total. The average molecular weight is 304 g/mol. The summed E-state index contributed by atoms with van der Waals surface area (Å²) >= 11 is 9.40. The summed E-state index contributed by atoms with van der Waals surface area (Å²) < 4.78 is 6.92. The minimum Gasteiger partial charge on any atom is -0.493 e. The average Bonchev–Trinajstić information content (AvgIpc) is 3.04. The van der Waals surface area contributed by atoms with Gasteiger partial charge in [-0.25, -0.2) is 0 Å². The number of aryl methyl sites for hydroxylation is 1. The second-order valence-corrected chi connectivity index (χ2v) is 5.61. The molecule has 0 unspecified atom stereocenters. The van der Waals surface area contributed by atoms with E-state index in [9.17, 15) is 0 Å². The lowest BCUT2D eigenvalue weighted by Gasteiger charge is -2.13. The van der Waals surface area contributed by atoms with Gasteiger partial charge in [0.2, 0.25) is 0 Å². The van der Waals surface area contributed by atoms with Crippen molar-refractivity contribution in [1.82, 2.24) is 0 Å². The van der Waals surface area contributed by atoms with Gasteiger partial charge in [0.15, 0.2) is 0 Å². The van der Waals surface area contributed by atoms with Crippen molar-refractivity contribution in [2.45, 2.75) is 32.1 Å². The van der Waals surface area contributed by atoms with Gasteiger partial charge in [0, 0.05) is 10.0 Å². The maximum absolute atomic E-state index is 5.93. The highest BCUT2D eigenvalue weighted by Crippen LogP contribution is 2.34. The third-order valence-electron chi connectivity index (χ3n) is 2.93. The Bertz CT molecular complexity index is 374. The van der Waals surface area contributed by atoms with Gasteiger partial charge < -0.3 is 4.74 Å². The predicted molar refractivity (Wildman–Crippen MR) is 71.3 cm³/mol. The maximum Gasteiger partial charge on any atom is 0.126 e. The lowest BCUT2D eigenvalue weighted by atomic mass is 10.1. The largest absolute Gasteiger partial charge is 0.493 e. The van der Waals surface area contributed by atoms with Crippen LogP contribution in [0.3, 0.4) is 0 Å². The fourth-order valence-electron chi connectivity index (χ4n) is 1.84. The van der Waals surface area contributed by atoms with E-state index >= 15 is 0 Å². The zero-order valence-electron chi connectivity index (χ0n) is 9.43. The minimum absolute atomic E-state index is 0.499. The number of alkyl halides is 1. The summed E-state index contributed by atoms with van der Waals surface area (Å²) in [5.41, 5.74) is 2.23. The lowest BCUT2D eigenvalue weighted by molar-refractivity contribution is 0.298. The summed E-state index contributed by atoms with van der Waals surface area (Å²) in [6, 6.07) is 4.11. The molecule has 0 heterocycles. The molecule has 0 bridgehead atoms. The lowest BCUT2D eigenvalue weighted by Crippen LogP contribution is -2.02. The summed E-state index contributed by atoms with van der Waals surface area (Å²) in [5, 5.41) is 0. The highest BCUT2D eigenvalue weighted by molar-refractivity contribution is 9.10. The normalized spacial score (nSPS) is 15.2. The topological polar surface area (TPSA) is 9.23 Å². The van der Waals surface area contributed by atoms with E-state index in [4.69, 9.17) is 16.3 Å². The van der Waals surface area contributed by atoms with Crippen LogP contribution >= 0.6 is 27.5 Å². The Morgan fingerprint density at radius 2 is 2.19 bits per heavy atom. The SMILES string of the molecule is Cc1cc(Br)cc(CCl)c1OCCC1CC1. The van der Waals surface area contributed by atoms with Gasteiger partial charge in [-0.1, -0.05) is 28.8 Å². The summed E-state index contributed by atoms with van der Waals surface area (Å²) in [6.45, 7) is 2.88. The molecule has 0 radical (unpaired) electrons. The van der Waals surface area contributed by atoms with Crippen molar-refractivity contribution in [1.29, 1.82) is 0 Å². The Morgan fingerprint density at radius 1 is 1.44 bits per heavy atom. The van der Waals surface area contributed by atoms with Crippen LogP contribution in [0.4, 0.5) is 0 Å². The standard InChI is InChI=1S/C13H16BrClO/c1-9-6-12(14)7-11(8-15)13(9)16-5-4-10-2-3-10/h6-7,10H,2-5,8H2,1H3. The molecule has 0 spiro atoms. The first-order valence-electron chi connectivity index (χ1n) is 5.68. The molecule has 0 saturated heterocycles. The molecule has 1 aliphatic rings. The van der Waals surface area contributed by atoms with E-state index in [-0.39, 0.29) is 0 Å². The Hall–Kier alpha value is -0.210. The van der Waals surface area contributed by atoms with E-state index in [1.165, 1.54) is 19.3 Å². The van der Waals surface area contributed by atoms with Crippen LogP contribution in [0.1, 0.15) is 30.4 Å². The molecule has 1 saturated carbocycles. The van der Waals surface area contributed by atoms with Crippen LogP contribution in [-0.2, 0) is 5.88 Å². The van der Waals surface area contributed by atoms with Gasteiger partial charge in [0.25, 0.3) is 0 Å². The first-order chi connectivity index (χ1) is 7.70. The fraction of sp³-hybridized carbons (Fsp3) is 0.538. The smallest absolute Gasteiger partial charge is 0.126 e. The molecule has 1 fully saturated rings. The molecule has 1 aromatic rings. The molecule has 0 aromatic heterocycles. The van der Waals surface area contributed by atoms with Gasteiger partial charge in [-0.15, -0.1) is 11.6 Å². The van der Waals surface area contributed by atoms with Gasteiger partial charge in [0.05, 0.1) is 12.5 Å². The summed E-state index contributed by atoms with van der Waals surface area (Å²) in [7, 11) is 0. The zero-order chi connectivity index (χ0) is 11.5. The molecular weight excluding hydrogens is 287 g/mol. The molecule has 0 N–H and O–H groups in total. The first-order valence-corrected chi connectivity index (χ1v) is 7.01. The van der Waals surface area contributed by atoms with Crippen LogP contribution in [0.15, 0.2) is 16.6 Å². The molecule has 16 heavy (non-hydrogen) atoms. The Labute approximate surface area is 110 Å². The van der Waals surface area contributed by atoms with Gasteiger partial charge in [-0.3, -0.25) is 0 Å². The molecule has 1 aliphatic carbocycles. The third kappa shape index (κ3) is 3.14. The van der Waals surface area contributed by atoms with Crippen LogP contribution in [0.25, 0.3) is 0 Å². The molecule has 88 valence electrons. The van der Waals surface area contributed by atoms with Crippen LogP contribution in [0.2, 0.25) is 0 Å². The van der Waals surface area contributed by atoms with Gasteiger partial charge in [-0.05, 0) is 37.0 Å². The Balaban J connectivity index is 2.04. The van der Waals surface area contributed by atoms with E-state index < -0.39 is 0 Å².